The van der Waals surface area contributed by atoms with Gasteiger partial charge in [0.2, 0.25) is 0 Å². The highest BCUT2D eigenvalue weighted by Gasteiger charge is 2.35. The molecule has 0 saturated heterocycles. The number of hydrogen-bond donors (Lipinski definition) is 0. The zero-order valence-corrected chi connectivity index (χ0v) is 31.2. The van der Waals surface area contributed by atoms with Gasteiger partial charge in [0, 0.05) is 27.1 Å². The normalized spacial score (nSPS) is 13.3. The summed E-state index contributed by atoms with van der Waals surface area (Å²) in [5, 5.41) is 12.4. The Bertz CT molecular complexity index is 3420. The van der Waals surface area contributed by atoms with E-state index < -0.39 is 0 Å². The van der Waals surface area contributed by atoms with E-state index in [1.54, 1.807) is 0 Å². The van der Waals surface area contributed by atoms with Gasteiger partial charge in [0.1, 0.15) is 5.82 Å². The molecule has 262 valence electrons. The standard InChI is InChI=1S/C54H36N2/c1-54(2)48-21-11-9-19-43(48)44-27-23-34(31-49(44)54)33-25-28-51-47(29-33)45-20-10-12-22-50(45)56(51)52-32-35-13-3-4-14-37(35)53(55-52)36-24-26-42-40-17-6-5-15-38(40)39-16-7-8-18-41(39)46(42)30-36/h3-32H,1-2H3. The molecule has 0 aliphatic heterocycles. The van der Waals surface area contributed by atoms with Gasteiger partial charge < -0.3 is 0 Å². The van der Waals surface area contributed by atoms with E-state index in [0.29, 0.717) is 0 Å². The SMILES string of the molecule is CC1(C)c2ccccc2-c2ccc(-c3ccc4c(c3)c3ccccc3n4-c3cc4ccccc4c(-c4ccc5c6ccccc6c6ccccc6c5c4)n3)cc21. The molecule has 2 heterocycles. The predicted molar refractivity (Wildman–Crippen MR) is 237 cm³/mol. The van der Waals surface area contributed by atoms with Gasteiger partial charge >= 0.3 is 0 Å². The molecule has 0 radical (unpaired) electrons. The molecule has 9 aromatic carbocycles. The molecular formula is C54H36N2. The van der Waals surface area contributed by atoms with Crippen LogP contribution in [0.5, 0.6) is 0 Å². The maximum Gasteiger partial charge on any atom is 0.138 e. The maximum absolute atomic E-state index is 5.58. The van der Waals surface area contributed by atoms with Crippen molar-refractivity contribution in [2.24, 2.45) is 0 Å². The van der Waals surface area contributed by atoms with Gasteiger partial charge in [-0.15, -0.1) is 0 Å². The van der Waals surface area contributed by atoms with Gasteiger partial charge in [0.05, 0.1) is 16.7 Å². The van der Waals surface area contributed by atoms with E-state index in [1.165, 1.54) is 81.9 Å². The Labute approximate surface area is 324 Å². The van der Waals surface area contributed by atoms with E-state index in [-0.39, 0.29) is 5.41 Å². The van der Waals surface area contributed by atoms with Crippen molar-refractivity contribution in [3.8, 4) is 39.3 Å². The van der Waals surface area contributed by atoms with Crippen molar-refractivity contribution in [3.63, 3.8) is 0 Å². The molecule has 2 nitrogen and oxygen atoms in total. The zero-order chi connectivity index (χ0) is 37.1. The minimum absolute atomic E-state index is 0.0482. The maximum atomic E-state index is 5.58. The van der Waals surface area contributed by atoms with E-state index in [2.05, 4.69) is 200 Å². The van der Waals surface area contributed by atoms with Gasteiger partial charge in [-0.05, 0) is 107 Å². The lowest BCUT2D eigenvalue weighted by Crippen LogP contribution is -2.14. The molecule has 0 fully saturated rings. The number of benzene rings is 9. The van der Waals surface area contributed by atoms with Crippen LogP contribution in [-0.4, -0.2) is 9.55 Å². The van der Waals surface area contributed by atoms with Gasteiger partial charge in [0.15, 0.2) is 0 Å². The summed E-state index contributed by atoms with van der Waals surface area (Å²) in [6.07, 6.45) is 0. The average Bonchev–Trinajstić information content (AvgIpc) is 3.71. The fourth-order valence-electron chi connectivity index (χ4n) is 9.86. The number of rotatable bonds is 3. The summed E-state index contributed by atoms with van der Waals surface area (Å²) in [6.45, 7) is 4.70. The number of fused-ring (bicyclic) bond motifs is 13. The van der Waals surface area contributed by atoms with Crippen molar-refractivity contribution < 1.29 is 0 Å². The van der Waals surface area contributed by atoms with Crippen LogP contribution in [0.3, 0.4) is 0 Å². The third kappa shape index (κ3) is 4.36. The first-order chi connectivity index (χ1) is 27.5. The van der Waals surface area contributed by atoms with Crippen molar-refractivity contribution >= 4 is 64.9 Å². The summed E-state index contributed by atoms with van der Waals surface area (Å²) in [4.78, 5) is 5.58. The lowest BCUT2D eigenvalue weighted by molar-refractivity contribution is 0.660. The molecule has 0 atom stereocenters. The Morgan fingerprint density at radius 3 is 1.70 bits per heavy atom. The van der Waals surface area contributed by atoms with Gasteiger partial charge in [-0.3, -0.25) is 4.57 Å². The second kappa shape index (κ2) is 11.5. The third-order valence-corrected chi connectivity index (χ3v) is 12.6. The monoisotopic (exact) mass is 712 g/mol. The van der Waals surface area contributed by atoms with Crippen LogP contribution in [0.15, 0.2) is 182 Å². The number of para-hydroxylation sites is 1. The van der Waals surface area contributed by atoms with E-state index in [0.717, 1.165) is 33.5 Å². The second-order valence-electron chi connectivity index (χ2n) is 15.9. The fraction of sp³-hybridized carbons (Fsp3) is 0.0556. The van der Waals surface area contributed by atoms with Crippen molar-refractivity contribution in [1.29, 1.82) is 0 Å². The second-order valence-corrected chi connectivity index (χ2v) is 15.9. The van der Waals surface area contributed by atoms with Gasteiger partial charge in [0.25, 0.3) is 0 Å². The van der Waals surface area contributed by atoms with Gasteiger partial charge in [-0.1, -0.05) is 159 Å². The number of hydrogen-bond acceptors (Lipinski definition) is 1. The Kier molecular flexibility index (Phi) is 6.43. The van der Waals surface area contributed by atoms with Crippen LogP contribution >= 0.6 is 0 Å². The van der Waals surface area contributed by atoms with Crippen molar-refractivity contribution in [2.75, 3.05) is 0 Å². The number of nitrogens with zero attached hydrogens (tertiary/aromatic N) is 2. The summed E-state index contributed by atoms with van der Waals surface area (Å²) < 4.78 is 2.36. The van der Waals surface area contributed by atoms with Crippen molar-refractivity contribution in [2.45, 2.75) is 19.3 Å². The molecular weight excluding hydrogens is 677 g/mol. The van der Waals surface area contributed by atoms with Crippen LogP contribution < -0.4 is 0 Å². The molecule has 0 unspecified atom stereocenters. The molecule has 12 rings (SSSR count). The van der Waals surface area contributed by atoms with Gasteiger partial charge in [-0.25, -0.2) is 4.98 Å². The molecule has 11 aromatic rings. The van der Waals surface area contributed by atoms with Crippen LogP contribution in [0, 0.1) is 0 Å². The first-order valence-electron chi connectivity index (χ1n) is 19.5. The minimum Gasteiger partial charge on any atom is -0.294 e. The predicted octanol–water partition coefficient (Wildman–Crippen LogP) is 14.4. The molecule has 2 heteroatoms. The summed E-state index contributed by atoms with van der Waals surface area (Å²) in [5.74, 6) is 0.915. The molecule has 0 N–H and O–H groups in total. The Morgan fingerprint density at radius 1 is 0.375 bits per heavy atom. The summed E-state index contributed by atoms with van der Waals surface area (Å²) in [5.41, 5.74) is 12.3. The van der Waals surface area contributed by atoms with E-state index >= 15 is 0 Å². The lowest BCUT2D eigenvalue weighted by Gasteiger charge is -2.22. The molecule has 56 heavy (non-hydrogen) atoms. The lowest BCUT2D eigenvalue weighted by atomic mass is 9.81. The van der Waals surface area contributed by atoms with Crippen LogP contribution in [0.25, 0.3) is 104 Å². The summed E-state index contributed by atoms with van der Waals surface area (Å²) in [6, 6.07) is 67.0. The third-order valence-electron chi connectivity index (χ3n) is 12.6. The molecule has 1 aliphatic carbocycles. The summed E-state index contributed by atoms with van der Waals surface area (Å²) in [7, 11) is 0. The first kappa shape index (κ1) is 31.3. The molecule has 0 amide bonds. The molecule has 0 spiro atoms. The Morgan fingerprint density at radius 2 is 0.911 bits per heavy atom. The topological polar surface area (TPSA) is 17.8 Å². The van der Waals surface area contributed by atoms with Crippen LogP contribution in [-0.2, 0) is 5.41 Å². The highest BCUT2D eigenvalue weighted by Crippen LogP contribution is 2.50. The number of aromatic nitrogens is 2. The Balaban J connectivity index is 1.06. The minimum atomic E-state index is -0.0482. The van der Waals surface area contributed by atoms with E-state index in [1.807, 2.05) is 0 Å². The zero-order valence-electron chi connectivity index (χ0n) is 31.2. The van der Waals surface area contributed by atoms with E-state index in [4.69, 9.17) is 4.98 Å². The van der Waals surface area contributed by atoms with Crippen LogP contribution in [0.4, 0.5) is 0 Å². The highest BCUT2D eigenvalue weighted by atomic mass is 15.1. The molecule has 0 saturated carbocycles. The summed E-state index contributed by atoms with van der Waals surface area (Å²) >= 11 is 0. The van der Waals surface area contributed by atoms with Crippen molar-refractivity contribution in [1.82, 2.24) is 9.55 Å². The largest absolute Gasteiger partial charge is 0.294 e. The van der Waals surface area contributed by atoms with Crippen LogP contribution in [0.1, 0.15) is 25.0 Å². The first-order valence-corrected chi connectivity index (χ1v) is 19.5. The molecule has 1 aliphatic rings. The Hall–Kier alpha value is -7.03. The van der Waals surface area contributed by atoms with Crippen molar-refractivity contribution in [3.05, 3.63) is 193 Å². The van der Waals surface area contributed by atoms with E-state index in [9.17, 15) is 0 Å². The quantitative estimate of drug-likeness (QED) is 0.167. The molecule has 2 aromatic heterocycles. The van der Waals surface area contributed by atoms with Gasteiger partial charge in [-0.2, -0.15) is 0 Å². The molecule has 0 bridgehead atoms. The number of pyridine rings is 1. The average molecular weight is 713 g/mol. The smallest absolute Gasteiger partial charge is 0.138 e. The van der Waals surface area contributed by atoms with Crippen LogP contribution in [0.2, 0.25) is 0 Å². The fourth-order valence-corrected chi connectivity index (χ4v) is 9.86. The highest BCUT2D eigenvalue weighted by molar-refractivity contribution is 6.26.